The van der Waals surface area contributed by atoms with Crippen LogP contribution in [-0.4, -0.2) is 12.3 Å². The van der Waals surface area contributed by atoms with Crippen LogP contribution in [0.15, 0.2) is 60.7 Å². The molecule has 2 aromatic rings. The van der Waals surface area contributed by atoms with Gasteiger partial charge in [0, 0.05) is 0 Å². The van der Waals surface area contributed by atoms with Gasteiger partial charge in [0.05, 0.1) is 0 Å². The average molecular weight is 615 g/mol. The maximum absolute atomic E-state index is 8.25. The topological polar surface area (TPSA) is 0 Å². The number of rotatable bonds is 28. The van der Waals surface area contributed by atoms with Gasteiger partial charge in [-0.15, -0.1) is 0 Å². The Labute approximate surface area is 267 Å². The average Bonchev–Trinajstić information content (AvgIpc) is 3.03. The van der Waals surface area contributed by atoms with Gasteiger partial charge in [-0.2, -0.15) is 0 Å². The third-order valence-electron chi connectivity index (χ3n) is 9.65. The zero-order valence-corrected chi connectivity index (χ0v) is 29.6. The minimum absolute atomic E-state index is 1.15. The van der Waals surface area contributed by atoms with Crippen molar-refractivity contribution in [2.75, 3.05) is 12.3 Å². The molecule has 0 fully saturated rings. The summed E-state index contributed by atoms with van der Waals surface area (Å²) in [7, 11) is 0. The van der Waals surface area contributed by atoms with Gasteiger partial charge in [0.25, 0.3) is 0 Å². The van der Waals surface area contributed by atoms with Crippen molar-refractivity contribution >= 4 is 27.8 Å². The summed E-state index contributed by atoms with van der Waals surface area (Å²) < 4.78 is 0. The summed E-state index contributed by atoms with van der Waals surface area (Å²) in [6.45, 7) is 4.61. The van der Waals surface area contributed by atoms with E-state index in [1.54, 1.807) is 0 Å². The Hall–Kier alpha value is -0.840. The van der Waals surface area contributed by atoms with E-state index in [-0.39, 0.29) is 0 Å². The number of halogens is 1. The Kier molecular flexibility index (Phi) is 20.9. The van der Waals surface area contributed by atoms with Gasteiger partial charge in [-0.1, -0.05) is 26.7 Å². The molecule has 2 heteroatoms. The Balaban J connectivity index is 1.86. The van der Waals surface area contributed by atoms with Gasteiger partial charge in [0.1, 0.15) is 0 Å². The fourth-order valence-electron chi connectivity index (χ4n) is 6.88. The normalized spacial score (nSPS) is 12.8. The molecule has 240 valence electrons. The number of hydrogen-bond acceptors (Lipinski definition) is 0. The van der Waals surface area contributed by atoms with Crippen LogP contribution in [0, 0.1) is 0 Å². The zero-order chi connectivity index (χ0) is 30.1. The van der Waals surface area contributed by atoms with Crippen molar-refractivity contribution in [1.29, 1.82) is 0 Å². The Bertz CT molecular complexity index is 792. The van der Waals surface area contributed by atoms with Gasteiger partial charge in [-0.3, -0.25) is 0 Å². The van der Waals surface area contributed by atoms with Crippen LogP contribution in [0.5, 0.6) is 0 Å². The van der Waals surface area contributed by atoms with Gasteiger partial charge < -0.3 is 0 Å². The van der Waals surface area contributed by atoms with Gasteiger partial charge in [-0.25, -0.2) is 0 Å². The van der Waals surface area contributed by atoms with Gasteiger partial charge in [0.15, 0.2) is 0 Å². The summed E-state index contributed by atoms with van der Waals surface area (Å²) >= 11 is 8.25. The second-order valence-electron chi connectivity index (χ2n) is 13.3. The van der Waals surface area contributed by atoms with Crippen LogP contribution in [-0.2, 0) is 0 Å². The predicted molar refractivity (Wildman–Crippen MR) is 197 cm³/mol. The van der Waals surface area contributed by atoms with E-state index in [1.165, 1.54) is 165 Å². The summed E-state index contributed by atoms with van der Waals surface area (Å²) in [6.07, 6.45) is 35.6. The molecule has 0 N–H and O–H groups in total. The van der Waals surface area contributed by atoms with E-state index in [4.69, 9.17) is 11.2 Å². The quantitative estimate of drug-likeness (QED) is 0.0660. The first-order valence-electron chi connectivity index (χ1n) is 18.5. The molecule has 0 amide bonds. The molecule has 0 aliphatic heterocycles. The zero-order valence-electron chi connectivity index (χ0n) is 28.0. The molecule has 0 saturated heterocycles. The van der Waals surface area contributed by atoms with E-state index in [2.05, 4.69) is 74.5 Å². The first-order chi connectivity index (χ1) is 20.6. The van der Waals surface area contributed by atoms with Gasteiger partial charge in [-0.05, 0) is 0 Å². The molecule has 0 nitrogen and oxygen atoms in total. The van der Waals surface area contributed by atoms with E-state index in [1.807, 2.05) is 0 Å². The molecule has 2 aromatic carbocycles. The molecule has 0 heterocycles. The monoisotopic (exact) mass is 614 g/mol. The Morgan fingerprint density at radius 3 is 0.857 bits per heavy atom. The molecule has 0 atom stereocenters. The minimum atomic E-state index is -2.78. The molecule has 0 aliphatic carbocycles. The second kappa shape index (κ2) is 23.5. The van der Waals surface area contributed by atoms with E-state index in [0.29, 0.717) is 0 Å². The van der Waals surface area contributed by atoms with Crippen LogP contribution in [0.1, 0.15) is 168 Å². The summed E-state index contributed by atoms with van der Waals surface area (Å²) in [6, 6.07) is 22.5. The summed E-state index contributed by atoms with van der Waals surface area (Å²) in [5.74, 6) is -2.78. The standard InChI is InChI=1S/C40H68ClP/c1-3-5-7-9-11-13-15-17-19-21-23-31-37-42(41,39-33-27-25-28-34-39,40-35-29-26-30-36-40)38-32-24-22-20-18-16-14-12-10-8-6-4-2/h25-30,33-36H,3-24,31-32,37-38H2,1-2H3. The number of unbranched alkanes of at least 4 members (excludes halogenated alkanes) is 22. The van der Waals surface area contributed by atoms with Crippen LogP contribution in [0.2, 0.25) is 0 Å². The van der Waals surface area contributed by atoms with Crippen molar-refractivity contribution in [1.82, 2.24) is 0 Å². The molecule has 42 heavy (non-hydrogen) atoms. The molecule has 0 saturated carbocycles. The molecule has 0 spiro atoms. The van der Waals surface area contributed by atoms with Crippen LogP contribution < -0.4 is 10.6 Å². The van der Waals surface area contributed by atoms with Crippen molar-refractivity contribution in [2.45, 2.75) is 168 Å². The summed E-state index contributed by atoms with van der Waals surface area (Å²) in [5, 5.41) is 2.84. The summed E-state index contributed by atoms with van der Waals surface area (Å²) in [4.78, 5) is 0. The van der Waals surface area contributed by atoms with E-state index >= 15 is 0 Å². The van der Waals surface area contributed by atoms with Crippen molar-refractivity contribution in [3.8, 4) is 0 Å². The maximum atomic E-state index is 8.25. The van der Waals surface area contributed by atoms with Crippen LogP contribution in [0.3, 0.4) is 0 Å². The first-order valence-corrected chi connectivity index (χ1v) is 22.0. The Morgan fingerprint density at radius 1 is 0.357 bits per heavy atom. The molecule has 0 bridgehead atoms. The van der Waals surface area contributed by atoms with Crippen molar-refractivity contribution in [3.63, 3.8) is 0 Å². The van der Waals surface area contributed by atoms with Crippen molar-refractivity contribution in [3.05, 3.63) is 60.7 Å². The van der Waals surface area contributed by atoms with Crippen molar-refractivity contribution < 1.29 is 0 Å². The molecular formula is C40H68ClP. The Morgan fingerprint density at radius 2 is 0.595 bits per heavy atom. The predicted octanol–water partition coefficient (Wildman–Crippen LogP) is 13.7. The number of benzene rings is 2. The third-order valence-corrected chi connectivity index (χ3v) is 17.3. The fourth-order valence-corrected chi connectivity index (χ4v) is 13.3. The first kappa shape index (κ1) is 37.3. The van der Waals surface area contributed by atoms with E-state index in [0.717, 1.165) is 12.3 Å². The molecular weight excluding hydrogens is 547 g/mol. The molecule has 2 rings (SSSR count). The third kappa shape index (κ3) is 14.3. The van der Waals surface area contributed by atoms with Gasteiger partial charge in [0.2, 0.25) is 0 Å². The number of hydrogen-bond donors (Lipinski definition) is 0. The van der Waals surface area contributed by atoms with Crippen LogP contribution in [0.25, 0.3) is 0 Å². The molecule has 0 unspecified atom stereocenters. The van der Waals surface area contributed by atoms with E-state index < -0.39 is 5.96 Å². The molecule has 0 radical (unpaired) electrons. The van der Waals surface area contributed by atoms with Gasteiger partial charge >= 0.3 is 242 Å². The van der Waals surface area contributed by atoms with Crippen LogP contribution >= 0.6 is 17.2 Å². The SMILES string of the molecule is CCCCCCCCCCCCCCP(Cl)(CCCCCCCCCCCCCC)(c1ccccc1)c1ccccc1. The van der Waals surface area contributed by atoms with Crippen molar-refractivity contribution in [2.24, 2.45) is 0 Å². The second-order valence-corrected chi connectivity index (χ2v) is 20.4. The van der Waals surface area contributed by atoms with Crippen LogP contribution in [0.4, 0.5) is 0 Å². The molecule has 0 aliphatic rings. The fraction of sp³-hybridized carbons (Fsp3) is 0.700. The summed E-state index contributed by atoms with van der Waals surface area (Å²) in [5.41, 5.74) is 0. The van der Waals surface area contributed by atoms with E-state index in [9.17, 15) is 0 Å². The molecule has 0 aromatic heterocycles.